The molecule has 0 amide bonds. The summed E-state index contributed by atoms with van der Waals surface area (Å²) in [6.45, 7) is 3.23. The number of nitrogens with zero attached hydrogens (tertiary/aromatic N) is 1. The summed E-state index contributed by atoms with van der Waals surface area (Å²) in [5.74, 6) is 1.09. The lowest BCUT2D eigenvalue weighted by atomic mass is 10.0. The maximum absolute atomic E-state index is 4.25. The predicted octanol–water partition coefficient (Wildman–Crippen LogP) is 2.93. The molecule has 0 saturated carbocycles. The number of aromatic amines is 1. The van der Waals surface area contributed by atoms with Crippen LogP contribution >= 0.6 is 0 Å². The van der Waals surface area contributed by atoms with Crippen LogP contribution in [0.25, 0.3) is 0 Å². The molecule has 0 aliphatic heterocycles. The van der Waals surface area contributed by atoms with Gasteiger partial charge in [0.2, 0.25) is 0 Å². The Bertz CT molecular complexity index is 531. The first-order valence-corrected chi connectivity index (χ1v) is 7.14. The summed E-state index contributed by atoms with van der Waals surface area (Å²) >= 11 is 0. The smallest absolute Gasteiger partial charge is 0.106 e. The molecule has 1 aromatic heterocycles. The Morgan fingerprint density at radius 1 is 1.42 bits per heavy atom. The Balaban J connectivity index is 1.51. The normalized spacial score (nSPS) is 17.6. The van der Waals surface area contributed by atoms with E-state index in [1.165, 1.54) is 29.5 Å². The average molecular weight is 255 g/mol. The van der Waals surface area contributed by atoms with Crippen LogP contribution in [0.5, 0.6) is 0 Å². The standard InChI is InChI=1S/C16H21N3/c1-12-4-5-13-6-7-15(14(13)11-12)17-8-2-3-16-18-9-10-19-16/h4-5,9-11,15,17H,2-3,6-8H2,1H3,(H,18,19). The van der Waals surface area contributed by atoms with Crippen molar-refractivity contribution in [3.8, 4) is 0 Å². The zero-order chi connectivity index (χ0) is 13.1. The first kappa shape index (κ1) is 12.4. The molecule has 2 N–H and O–H groups in total. The number of nitrogens with one attached hydrogen (secondary N) is 2. The minimum atomic E-state index is 0.548. The molecule has 1 atom stereocenters. The maximum atomic E-state index is 4.25. The van der Waals surface area contributed by atoms with Crippen molar-refractivity contribution in [3.63, 3.8) is 0 Å². The van der Waals surface area contributed by atoms with Crippen molar-refractivity contribution < 1.29 is 0 Å². The van der Waals surface area contributed by atoms with Crippen LogP contribution in [0.1, 0.15) is 41.4 Å². The van der Waals surface area contributed by atoms with Crippen molar-refractivity contribution in [2.24, 2.45) is 0 Å². The summed E-state index contributed by atoms with van der Waals surface area (Å²) in [6, 6.07) is 7.39. The molecule has 100 valence electrons. The number of hydrogen-bond acceptors (Lipinski definition) is 2. The molecule has 0 bridgehead atoms. The summed E-state index contributed by atoms with van der Waals surface area (Å²) in [4.78, 5) is 7.40. The van der Waals surface area contributed by atoms with Crippen molar-refractivity contribution in [1.29, 1.82) is 0 Å². The van der Waals surface area contributed by atoms with Gasteiger partial charge in [0.25, 0.3) is 0 Å². The molecular formula is C16H21N3. The minimum absolute atomic E-state index is 0.548. The Morgan fingerprint density at radius 2 is 2.37 bits per heavy atom. The third kappa shape index (κ3) is 2.87. The summed E-state index contributed by atoms with van der Waals surface area (Å²) in [5, 5.41) is 3.69. The van der Waals surface area contributed by atoms with Crippen molar-refractivity contribution in [2.75, 3.05) is 6.54 Å². The maximum Gasteiger partial charge on any atom is 0.106 e. The molecule has 3 nitrogen and oxygen atoms in total. The lowest BCUT2D eigenvalue weighted by Gasteiger charge is -2.14. The molecular weight excluding hydrogens is 234 g/mol. The third-order valence-corrected chi connectivity index (χ3v) is 3.92. The van der Waals surface area contributed by atoms with Crippen LogP contribution < -0.4 is 5.32 Å². The SMILES string of the molecule is Cc1ccc2c(c1)C(NCCCc1ncc[nH]1)CC2. The van der Waals surface area contributed by atoms with Crippen LogP contribution in [0, 0.1) is 6.92 Å². The molecule has 1 aromatic carbocycles. The van der Waals surface area contributed by atoms with E-state index in [0.29, 0.717) is 6.04 Å². The molecule has 0 fully saturated rings. The van der Waals surface area contributed by atoms with Gasteiger partial charge < -0.3 is 10.3 Å². The highest BCUT2D eigenvalue weighted by atomic mass is 14.9. The monoisotopic (exact) mass is 255 g/mol. The van der Waals surface area contributed by atoms with Gasteiger partial charge in [0, 0.05) is 24.9 Å². The first-order valence-electron chi connectivity index (χ1n) is 7.14. The van der Waals surface area contributed by atoms with Gasteiger partial charge in [-0.25, -0.2) is 4.98 Å². The highest BCUT2D eigenvalue weighted by Crippen LogP contribution is 2.31. The van der Waals surface area contributed by atoms with Crippen molar-refractivity contribution in [1.82, 2.24) is 15.3 Å². The first-order chi connectivity index (χ1) is 9.33. The van der Waals surface area contributed by atoms with Gasteiger partial charge in [-0.1, -0.05) is 23.8 Å². The lowest BCUT2D eigenvalue weighted by Crippen LogP contribution is -2.21. The van der Waals surface area contributed by atoms with Gasteiger partial charge in [-0.3, -0.25) is 0 Å². The second-order valence-corrected chi connectivity index (χ2v) is 5.39. The number of H-pyrrole nitrogens is 1. The second-order valence-electron chi connectivity index (χ2n) is 5.39. The van der Waals surface area contributed by atoms with E-state index >= 15 is 0 Å². The summed E-state index contributed by atoms with van der Waals surface area (Å²) in [7, 11) is 0. The van der Waals surface area contributed by atoms with Crippen molar-refractivity contribution in [3.05, 3.63) is 53.1 Å². The zero-order valence-electron chi connectivity index (χ0n) is 11.4. The molecule has 1 aliphatic rings. The highest BCUT2D eigenvalue weighted by Gasteiger charge is 2.21. The van der Waals surface area contributed by atoms with Gasteiger partial charge in [0.1, 0.15) is 5.82 Å². The minimum Gasteiger partial charge on any atom is -0.349 e. The molecule has 3 heteroatoms. The topological polar surface area (TPSA) is 40.7 Å². The third-order valence-electron chi connectivity index (χ3n) is 3.92. The number of benzene rings is 1. The summed E-state index contributed by atoms with van der Waals surface area (Å²) in [6.07, 6.45) is 8.31. The van der Waals surface area contributed by atoms with E-state index in [1.807, 2.05) is 12.4 Å². The Hall–Kier alpha value is -1.61. The number of fused-ring (bicyclic) bond motifs is 1. The van der Waals surface area contributed by atoms with Crippen LogP contribution in [-0.4, -0.2) is 16.5 Å². The second kappa shape index (κ2) is 5.57. The summed E-state index contributed by atoms with van der Waals surface area (Å²) < 4.78 is 0. The van der Waals surface area contributed by atoms with Crippen molar-refractivity contribution in [2.45, 2.75) is 38.6 Å². The molecule has 2 aromatic rings. The van der Waals surface area contributed by atoms with Crippen LogP contribution in [-0.2, 0) is 12.8 Å². The molecule has 3 rings (SSSR count). The van der Waals surface area contributed by atoms with Crippen LogP contribution in [0.3, 0.4) is 0 Å². The van der Waals surface area contributed by atoms with Gasteiger partial charge >= 0.3 is 0 Å². The van der Waals surface area contributed by atoms with Crippen LogP contribution in [0.15, 0.2) is 30.6 Å². The molecule has 1 unspecified atom stereocenters. The average Bonchev–Trinajstić information content (AvgIpc) is 3.04. The number of imidazole rings is 1. The van der Waals surface area contributed by atoms with E-state index in [2.05, 4.69) is 40.4 Å². The van der Waals surface area contributed by atoms with E-state index in [0.717, 1.165) is 25.2 Å². The number of rotatable bonds is 5. The van der Waals surface area contributed by atoms with Crippen molar-refractivity contribution >= 4 is 0 Å². The van der Waals surface area contributed by atoms with Crippen LogP contribution in [0.2, 0.25) is 0 Å². The highest BCUT2D eigenvalue weighted by molar-refractivity contribution is 5.37. The fraction of sp³-hybridized carbons (Fsp3) is 0.438. The Kier molecular flexibility index (Phi) is 3.65. The predicted molar refractivity (Wildman–Crippen MR) is 77.2 cm³/mol. The molecule has 1 aliphatic carbocycles. The van der Waals surface area contributed by atoms with Gasteiger partial charge in [-0.2, -0.15) is 0 Å². The fourth-order valence-electron chi connectivity index (χ4n) is 2.90. The molecule has 0 saturated heterocycles. The van der Waals surface area contributed by atoms with E-state index in [4.69, 9.17) is 0 Å². The van der Waals surface area contributed by atoms with Gasteiger partial charge in [0.15, 0.2) is 0 Å². The Morgan fingerprint density at radius 3 is 3.21 bits per heavy atom. The lowest BCUT2D eigenvalue weighted by molar-refractivity contribution is 0.518. The number of aromatic nitrogens is 2. The van der Waals surface area contributed by atoms with E-state index in [-0.39, 0.29) is 0 Å². The number of hydrogen-bond donors (Lipinski definition) is 2. The number of aryl methyl sites for hydroxylation is 3. The summed E-state index contributed by atoms with van der Waals surface area (Å²) in [5.41, 5.74) is 4.40. The molecule has 19 heavy (non-hydrogen) atoms. The van der Waals surface area contributed by atoms with E-state index in [1.54, 1.807) is 0 Å². The largest absolute Gasteiger partial charge is 0.349 e. The van der Waals surface area contributed by atoms with E-state index < -0.39 is 0 Å². The van der Waals surface area contributed by atoms with Gasteiger partial charge in [-0.05, 0) is 43.9 Å². The fourth-order valence-corrected chi connectivity index (χ4v) is 2.90. The quantitative estimate of drug-likeness (QED) is 0.806. The van der Waals surface area contributed by atoms with Crippen LogP contribution in [0.4, 0.5) is 0 Å². The molecule has 0 radical (unpaired) electrons. The van der Waals surface area contributed by atoms with Gasteiger partial charge in [0.05, 0.1) is 0 Å². The van der Waals surface area contributed by atoms with Gasteiger partial charge in [-0.15, -0.1) is 0 Å². The Labute approximate surface area is 114 Å². The van der Waals surface area contributed by atoms with E-state index in [9.17, 15) is 0 Å². The molecule has 1 heterocycles. The molecule has 0 spiro atoms. The zero-order valence-corrected chi connectivity index (χ0v) is 11.4.